The van der Waals surface area contributed by atoms with Gasteiger partial charge in [0.2, 0.25) is 0 Å². The molecular weight excluding hydrogens is 687 g/mol. The number of nitrogen functional groups attached to an aromatic ring is 1. The minimum atomic E-state index is -5.71. The molecule has 20 nitrogen and oxygen atoms in total. The Hall–Kier alpha value is -2.35. The molecule has 3 heterocycles. The number of nitrogens with two attached hydrogens (primary N) is 1. The van der Waals surface area contributed by atoms with E-state index in [0.717, 1.165) is 5.56 Å². The van der Waals surface area contributed by atoms with Crippen LogP contribution in [0.3, 0.4) is 0 Å². The van der Waals surface area contributed by atoms with E-state index in [2.05, 4.69) is 23.6 Å². The van der Waals surface area contributed by atoms with Crippen molar-refractivity contribution in [3.8, 4) is 17.2 Å². The summed E-state index contributed by atoms with van der Waals surface area (Å²) < 4.78 is 77.2. The summed E-state index contributed by atoms with van der Waals surface area (Å²) in [6.45, 7) is -0.723. The van der Waals surface area contributed by atoms with Crippen molar-refractivity contribution < 1.29 is 70.1 Å². The van der Waals surface area contributed by atoms with Crippen LogP contribution in [0.1, 0.15) is 18.2 Å². The van der Waals surface area contributed by atoms with Crippen molar-refractivity contribution in [2.45, 2.75) is 30.6 Å². The zero-order valence-corrected chi connectivity index (χ0v) is 27.3. The van der Waals surface area contributed by atoms with E-state index >= 15 is 0 Å². The van der Waals surface area contributed by atoms with E-state index in [4.69, 9.17) is 43.7 Å². The van der Waals surface area contributed by atoms with Crippen LogP contribution in [0.2, 0.25) is 0 Å². The summed E-state index contributed by atoms with van der Waals surface area (Å²) in [5, 5.41) is 0. The number of anilines is 1. The van der Waals surface area contributed by atoms with E-state index in [-0.39, 0.29) is 18.2 Å². The molecule has 0 radical (unpaired) electrons. The van der Waals surface area contributed by atoms with Gasteiger partial charge in [-0.2, -0.15) is 8.62 Å². The van der Waals surface area contributed by atoms with Crippen molar-refractivity contribution in [3.05, 3.63) is 30.4 Å². The van der Waals surface area contributed by atoms with Crippen LogP contribution in [0.25, 0.3) is 11.2 Å². The number of imidazole rings is 1. The fourth-order valence-corrected chi connectivity index (χ4v) is 8.12. The zero-order valence-electron chi connectivity index (χ0n) is 23.8. The highest BCUT2D eigenvalue weighted by Gasteiger charge is 2.43. The summed E-state index contributed by atoms with van der Waals surface area (Å²) in [5.74, 6) is 2.22. The molecular formula is C21H30N5O15P3S. The number of aromatic nitrogens is 4. The molecule has 250 valence electrons. The Bertz CT molecular complexity index is 1620. The molecule has 3 aromatic rings. The molecule has 5 atom stereocenters. The zero-order chi connectivity index (χ0) is 33.0. The second-order valence-electron chi connectivity index (χ2n) is 9.02. The number of rotatable bonds is 16. The third kappa shape index (κ3) is 9.36. The first-order chi connectivity index (χ1) is 21.1. The molecule has 0 amide bonds. The molecule has 45 heavy (non-hydrogen) atoms. The molecule has 0 saturated carbocycles. The average Bonchev–Trinajstić information content (AvgIpc) is 3.56. The Labute approximate surface area is 259 Å². The Morgan fingerprint density at radius 1 is 1.00 bits per heavy atom. The minimum Gasteiger partial charge on any atom is -0.496 e. The number of hydrogen-bond acceptors (Lipinski definition) is 16. The number of hydrogen-bond donors (Lipinski definition) is 5. The van der Waals surface area contributed by atoms with Crippen LogP contribution >= 0.6 is 35.2 Å². The largest absolute Gasteiger partial charge is 0.496 e. The van der Waals surface area contributed by atoms with Gasteiger partial charge in [0, 0.05) is 29.9 Å². The fourth-order valence-electron chi connectivity index (χ4n) is 4.25. The van der Waals surface area contributed by atoms with Crippen molar-refractivity contribution in [1.29, 1.82) is 0 Å². The van der Waals surface area contributed by atoms with Gasteiger partial charge in [-0.1, -0.05) is 0 Å². The lowest BCUT2D eigenvalue weighted by Gasteiger charge is -2.21. The molecule has 0 aliphatic carbocycles. The summed E-state index contributed by atoms with van der Waals surface area (Å²) in [4.78, 5) is 49.2. The SMILES string of the molecule is COc1cc(OC)c(CSCO[C@H]2C[C@H](n3cnc4c(N)ncnc43)O[C@@H]2COP(=O)(O)OP(=O)(O)OP(=O)(O)O)c(OC)c1. The highest BCUT2D eigenvalue weighted by molar-refractivity contribution is 7.98. The number of fused-ring (bicyclic) bond motifs is 1. The lowest BCUT2D eigenvalue weighted by molar-refractivity contribution is -0.0523. The normalized spacial score (nSPS) is 21.4. The molecule has 6 N–H and O–H groups in total. The number of phosphoric acid groups is 3. The lowest BCUT2D eigenvalue weighted by Crippen LogP contribution is -2.29. The molecule has 1 aromatic carbocycles. The van der Waals surface area contributed by atoms with Crippen LogP contribution < -0.4 is 19.9 Å². The van der Waals surface area contributed by atoms with Gasteiger partial charge >= 0.3 is 23.5 Å². The molecule has 1 fully saturated rings. The number of thioether (sulfide) groups is 1. The quantitative estimate of drug-likeness (QED) is 0.0807. The van der Waals surface area contributed by atoms with Crippen molar-refractivity contribution in [1.82, 2.24) is 19.5 Å². The number of methoxy groups -OCH3 is 3. The fraction of sp³-hybridized carbons (Fsp3) is 0.476. The van der Waals surface area contributed by atoms with Crippen molar-refractivity contribution >= 4 is 52.2 Å². The van der Waals surface area contributed by atoms with Gasteiger partial charge in [-0.25, -0.2) is 28.6 Å². The van der Waals surface area contributed by atoms with E-state index in [9.17, 15) is 23.5 Å². The predicted octanol–water partition coefficient (Wildman–Crippen LogP) is 2.34. The minimum absolute atomic E-state index is 0.0879. The van der Waals surface area contributed by atoms with Gasteiger partial charge in [-0.05, 0) is 0 Å². The molecule has 0 spiro atoms. The van der Waals surface area contributed by atoms with Crippen LogP contribution in [0.15, 0.2) is 24.8 Å². The Morgan fingerprint density at radius 3 is 2.31 bits per heavy atom. The van der Waals surface area contributed by atoms with Crippen LogP contribution in [-0.2, 0) is 42.1 Å². The van der Waals surface area contributed by atoms with E-state index < -0.39 is 48.5 Å². The number of benzene rings is 1. The molecule has 0 bridgehead atoms. The predicted molar refractivity (Wildman–Crippen MR) is 155 cm³/mol. The Kier molecular flexibility index (Phi) is 11.5. The van der Waals surface area contributed by atoms with Crippen LogP contribution in [-0.4, -0.2) is 85.2 Å². The maximum Gasteiger partial charge on any atom is 0.490 e. The molecule has 24 heteroatoms. The summed E-state index contributed by atoms with van der Waals surface area (Å²) in [5.41, 5.74) is 7.27. The third-order valence-corrected chi connectivity index (χ3v) is 10.7. The Balaban J connectivity index is 1.47. The summed E-state index contributed by atoms with van der Waals surface area (Å²) >= 11 is 1.34. The molecule has 2 unspecified atom stereocenters. The van der Waals surface area contributed by atoms with Crippen molar-refractivity contribution in [2.75, 3.05) is 39.6 Å². The van der Waals surface area contributed by atoms with E-state index in [1.807, 2.05) is 0 Å². The first-order valence-electron chi connectivity index (χ1n) is 12.5. The van der Waals surface area contributed by atoms with Crippen LogP contribution in [0.4, 0.5) is 5.82 Å². The van der Waals surface area contributed by atoms with Crippen LogP contribution in [0, 0.1) is 0 Å². The summed E-state index contributed by atoms with van der Waals surface area (Å²) in [7, 11) is -12.2. The molecule has 1 aliphatic heterocycles. The molecule has 1 saturated heterocycles. The van der Waals surface area contributed by atoms with Crippen molar-refractivity contribution in [3.63, 3.8) is 0 Å². The number of nitrogens with zero attached hydrogens (tertiary/aromatic N) is 4. The van der Waals surface area contributed by atoms with Gasteiger partial charge < -0.3 is 49.0 Å². The maximum atomic E-state index is 12.4. The monoisotopic (exact) mass is 717 g/mol. The van der Waals surface area contributed by atoms with Gasteiger partial charge in [0.05, 0.1) is 46.3 Å². The first-order valence-corrected chi connectivity index (χ1v) is 18.2. The highest BCUT2D eigenvalue weighted by Crippen LogP contribution is 2.66. The number of phosphoric ester groups is 1. The van der Waals surface area contributed by atoms with Gasteiger partial charge in [0.1, 0.15) is 41.4 Å². The first kappa shape index (κ1) is 35.5. The van der Waals surface area contributed by atoms with E-state index in [1.54, 1.807) is 16.7 Å². The summed E-state index contributed by atoms with van der Waals surface area (Å²) in [6.07, 6.45) is 0.183. The number of ether oxygens (including phenoxy) is 5. The topological polar surface area (TPSA) is 276 Å². The summed E-state index contributed by atoms with van der Waals surface area (Å²) in [6, 6.07) is 3.42. The third-order valence-electron chi connectivity index (χ3n) is 6.12. The molecule has 2 aromatic heterocycles. The smallest absolute Gasteiger partial charge is 0.490 e. The van der Waals surface area contributed by atoms with Gasteiger partial charge in [0.15, 0.2) is 11.5 Å². The Morgan fingerprint density at radius 2 is 1.69 bits per heavy atom. The standard InChI is InChI=1S/C21H30N5O15P3S/c1-34-12-4-14(35-2)13(15(5-12)36-3)8-45-11-37-16-6-18(26-10-25-19-20(22)23-9-24-21(19)26)39-17(16)7-38-43(30,31)41-44(32,33)40-42(27,28)29/h4-5,9-10,16-18H,6-8,11H2,1-3H3,(H,30,31)(H,32,33)(H2,22,23,24)(H2,27,28,29)/t16-,17+,18+/m0/s1. The lowest BCUT2D eigenvalue weighted by atomic mass is 10.2. The second-order valence-corrected chi connectivity index (χ2v) is 14.4. The van der Waals surface area contributed by atoms with Gasteiger partial charge in [0.25, 0.3) is 0 Å². The second kappa shape index (κ2) is 14.6. The highest BCUT2D eigenvalue weighted by atomic mass is 32.2. The molecule has 4 rings (SSSR count). The average molecular weight is 717 g/mol. The van der Waals surface area contributed by atoms with Crippen molar-refractivity contribution in [2.24, 2.45) is 0 Å². The van der Waals surface area contributed by atoms with Gasteiger partial charge in [-0.15, -0.1) is 11.8 Å². The van der Waals surface area contributed by atoms with Gasteiger partial charge in [-0.3, -0.25) is 9.09 Å². The van der Waals surface area contributed by atoms with E-state index in [0.29, 0.717) is 34.2 Å². The van der Waals surface area contributed by atoms with Crippen LogP contribution in [0.5, 0.6) is 17.2 Å². The van der Waals surface area contributed by atoms with E-state index in [1.165, 1.54) is 45.7 Å². The maximum absolute atomic E-state index is 12.4. The molecule has 1 aliphatic rings.